The van der Waals surface area contributed by atoms with E-state index in [1.807, 2.05) is 43.9 Å². The second-order valence-corrected chi connectivity index (χ2v) is 11.1. The first-order chi connectivity index (χ1) is 19.7. The Morgan fingerprint density at radius 3 is 2.71 bits per heavy atom. The molecule has 0 saturated carbocycles. The topological polar surface area (TPSA) is 113 Å². The van der Waals surface area contributed by atoms with Gasteiger partial charge < -0.3 is 23.7 Å². The van der Waals surface area contributed by atoms with Gasteiger partial charge in [0.25, 0.3) is 0 Å². The van der Waals surface area contributed by atoms with Crippen molar-refractivity contribution in [2.45, 2.75) is 45.3 Å². The van der Waals surface area contributed by atoms with Crippen LogP contribution in [0.5, 0.6) is 17.4 Å². The molecule has 2 aromatic heterocycles. The number of anilines is 1. The monoisotopic (exact) mass is 564 g/mol. The number of esters is 1. The number of aromatic nitrogens is 2. The average Bonchev–Trinajstić information content (AvgIpc) is 3.31. The zero-order valence-electron chi connectivity index (χ0n) is 23.9. The van der Waals surface area contributed by atoms with Gasteiger partial charge in [0.2, 0.25) is 5.88 Å². The summed E-state index contributed by atoms with van der Waals surface area (Å²) in [5.41, 5.74) is 2.71. The van der Waals surface area contributed by atoms with E-state index >= 15 is 0 Å². The summed E-state index contributed by atoms with van der Waals surface area (Å²) in [6.45, 7) is 7.89. The number of pyridine rings is 2. The van der Waals surface area contributed by atoms with Crippen LogP contribution in [0, 0.1) is 0 Å². The van der Waals surface area contributed by atoms with Crippen molar-refractivity contribution in [3.05, 3.63) is 48.2 Å². The summed E-state index contributed by atoms with van der Waals surface area (Å²) in [5, 5.41) is 0. The second kappa shape index (κ2) is 12.2. The molecule has 0 radical (unpaired) electrons. The molecule has 2 aliphatic rings. The number of amides is 1. The third-order valence-electron chi connectivity index (χ3n) is 6.72. The summed E-state index contributed by atoms with van der Waals surface area (Å²) in [5.74, 6) is 1.46. The Kier molecular flexibility index (Phi) is 8.44. The average molecular weight is 565 g/mol. The summed E-state index contributed by atoms with van der Waals surface area (Å²) in [7, 11) is 1.59. The predicted octanol–water partition coefficient (Wildman–Crippen LogP) is 4.01. The molecule has 218 valence electrons. The van der Waals surface area contributed by atoms with Gasteiger partial charge in [0.1, 0.15) is 24.9 Å². The van der Waals surface area contributed by atoms with Crippen LogP contribution in [0.3, 0.4) is 0 Å². The van der Waals surface area contributed by atoms with E-state index < -0.39 is 17.8 Å². The number of methoxy groups -OCH3 is 1. The van der Waals surface area contributed by atoms with Crippen LogP contribution in [-0.4, -0.2) is 85.1 Å². The minimum atomic E-state index is -0.599. The predicted molar refractivity (Wildman–Crippen MR) is 152 cm³/mol. The summed E-state index contributed by atoms with van der Waals surface area (Å²) < 4.78 is 27.9. The molecule has 1 fully saturated rings. The first-order valence-electron chi connectivity index (χ1n) is 13.8. The maximum absolute atomic E-state index is 12.8. The fraction of sp³-hybridized carbons (Fsp3) is 0.467. The number of aryl methyl sites for hydroxylation is 1. The Balaban J connectivity index is 1.26. The van der Waals surface area contributed by atoms with Gasteiger partial charge in [-0.1, -0.05) is 0 Å². The number of carbonyl (C=O) groups is 2. The highest BCUT2D eigenvalue weighted by Crippen LogP contribution is 2.35. The van der Waals surface area contributed by atoms with E-state index in [1.54, 1.807) is 36.4 Å². The lowest BCUT2D eigenvalue weighted by molar-refractivity contribution is -0.156. The van der Waals surface area contributed by atoms with Crippen LogP contribution in [0.15, 0.2) is 42.6 Å². The van der Waals surface area contributed by atoms with Gasteiger partial charge in [-0.25, -0.2) is 9.78 Å². The van der Waals surface area contributed by atoms with Gasteiger partial charge in [-0.05, 0) is 70.0 Å². The molecule has 11 heteroatoms. The van der Waals surface area contributed by atoms with Gasteiger partial charge in [-0.3, -0.25) is 19.6 Å². The van der Waals surface area contributed by atoms with E-state index in [4.69, 9.17) is 23.7 Å². The standard InChI is InChI=1S/C30H36N4O7/c1-30(2,3)41-27(35)19-33(13-5-6-20-11-12-31-23-8-10-26(37-4)32-28(20)23)17-22-18-34(29(36)40-22)21-7-9-24-25(16-21)39-15-14-38-24/h7-12,16,22H,5-6,13-15,17-19H2,1-4H3. The highest BCUT2D eigenvalue weighted by Gasteiger charge is 2.34. The number of hydrogen-bond donors (Lipinski definition) is 0. The smallest absolute Gasteiger partial charge is 0.414 e. The molecule has 0 aliphatic carbocycles. The van der Waals surface area contributed by atoms with Crippen LogP contribution in [0.1, 0.15) is 32.8 Å². The Hall–Kier alpha value is -4.12. The summed E-state index contributed by atoms with van der Waals surface area (Å²) in [4.78, 5) is 38.1. The molecule has 0 N–H and O–H groups in total. The molecule has 0 bridgehead atoms. The number of rotatable bonds is 10. The van der Waals surface area contributed by atoms with Crippen LogP contribution >= 0.6 is 0 Å². The molecule has 1 unspecified atom stereocenters. The van der Waals surface area contributed by atoms with Crippen LogP contribution < -0.4 is 19.1 Å². The van der Waals surface area contributed by atoms with Gasteiger partial charge in [-0.2, -0.15) is 0 Å². The molecule has 5 rings (SSSR count). The number of benzene rings is 1. The van der Waals surface area contributed by atoms with E-state index in [0.29, 0.717) is 55.9 Å². The first kappa shape index (κ1) is 28.4. The lowest BCUT2D eigenvalue weighted by atomic mass is 10.1. The van der Waals surface area contributed by atoms with Crippen molar-refractivity contribution in [3.63, 3.8) is 0 Å². The summed E-state index contributed by atoms with van der Waals surface area (Å²) >= 11 is 0. The van der Waals surface area contributed by atoms with E-state index in [1.165, 1.54) is 0 Å². The number of cyclic esters (lactones) is 1. The largest absolute Gasteiger partial charge is 0.486 e. The fourth-order valence-corrected chi connectivity index (χ4v) is 4.98. The molecule has 4 heterocycles. The van der Waals surface area contributed by atoms with Gasteiger partial charge in [0.15, 0.2) is 11.5 Å². The number of ether oxygens (including phenoxy) is 5. The Morgan fingerprint density at radius 2 is 1.93 bits per heavy atom. The Morgan fingerprint density at radius 1 is 1.12 bits per heavy atom. The van der Waals surface area contributed by atoms with Crippen molar-refractivity contribution in [1.29, 1.82) is 0 Å². The Bertz CT molecular complexity index is 1410. The van der Waals surface area contributed by atoms with E-state index in [9.17, 15) is 9.59 Å². The van der Waals surface area contributed by atoms with Crippen molar-refractivity contribution < 1.29 is 33.3 Å². The van der Waals surface area contributed by atoms with E-state index in [0.717, 1.165) is 29.4 Å². The minimum Gasteiger partial charge on any atom is -0.486 e. The molecule has 2 aliphatic heterocycles. The van der Waals surface area contributed by atoms with Crippen molar-refractivity contribution in [2.75, 3.05) is 51.4 Å². The summed E-state index contributed by atoms with van der Waals surface area (Å²) in [6.07, 6.45) is 2.37. The zero-order chi connectivity index (χ0) is 29.0. The van der Waals surface area contributed by atoms with E-state index in [-0.39, 0.29) is 12.5 Å². The summed E-state index contributed by atoms with van der Waals surface area (Å²) in [6, 6.07) is 11.0. The van der Waals surface area contributed by atoms with Crippen LogP contribution in [-0.2, 0) is 20.7 Å². The van der Waals surface area contributed by atoms with Gasteiger partial charge in [0.05, 0.1) is 36.9 Å². The maximum atomic E-state index is 12.8. The highest BCUT2D eigenvalue weighted by atomic mass is 16.6. The number of carbonyl (C=O) groups excluding carboxylic acids is 2. The van der Waals surface area contributed by atoms with Crippen molar-refractivity contribution in [2.24, 2.45) is 0 Å². The second-order valence-electron chi connectivity index (χ2n) is 11.1. The van der Waals surface area contributed by atoms with Crippen LogP contribution in [0.2, 0.25) is 0 Å². The quantitative estimate of drug-likeness (QED) is 0.335. The molecule has 3 aromatic rings. The molecule has 1 aromatic carbocycles. The van der Waals surface area contributed by atoms with E-state index in [2.05, 4.69) is 9.97 Å². The number of fused-ring (bicyclic) bond motifs is 2. The van der Waals surface area contributed by atoms with Gasteiger partial charge in [0, 0.05) is 24.9 Å². The number of hydrogen-bond acceptors (Lipinski definition) is 10. The lowest BCUT2D eigenvalue weighted by Crippen LogP contribution is -2.41. The fourth-order valence-electron chi connectivity index (χ4n) is 4.98. The lowest BCUT2D eigenvalue weighted by Gasteiger charge is -2.26. The molecule has 0 spiro atoms. The van der Waals surface area contributed by atoms with Crippen molar-refractivity contribution in [1.82, 2.24) is 14.9 Å². The maximum Gasteiger partial charge on any atom is 0.414 e. The normalized spacial score (nSPS) is 16.7. The molecule has 11 nitrogen and oxygen atoms in total. The van der Waals surface area contributed by atoms with Gasteiger partial charge in [-0.15, -0.1) is 0 Å². The van der Waals surface area contributed by atoms with Crippen molar-refractivity contribution in [3.8, 4) is 17.4 Å². The third-order valence-corrected chi connectivity index (χ3v) is 6.72. The van der Waals surface area contributed by atoms with Crippen LogP contribution in [0.4, 0.5) is 10.5 Å². The SMILES string of the molecule is COc1ccc2nccc(CCCN(CC(=O)OC(C)(C)C)CC3CN(c4ccc5c(c4)OCCO5)C(=O)O3)c2n1. The molecular formula is C30H36N4O7. The number of nitrogens with zero attached hydrogens (tertiary/aromatic N) is 4. The highest BCUT2D eigenvalue weighted by molar-refractivity contribution is 5.90. The molecule has 1 amide bonds. The van der Waals surface area contributed by atoms with Gasteiger partial charge >= 0.3 is 12.1 Å². The van der Waals surface area contributed by atoms with Crippen LogP contribution in [0.25, 0.3) is 11.0 Å². The molecule has 1 atom stereocenters. The molecule has 41 heavy (non-hydrogen) atoms. The molecule has 1 saturated heterocycles. The zero-order valence-corrected chi connectivity index (χ0v) is 23.9. The minimum absolute atomic E-state index is 0.0819. The molecular weight excluding hydrogens is 528 g/mol. The van der Waals surface area contributed by atoms with Crippen molar-refractivity contribution >= 4 is 28.8 Å². The Labute approximate surface area is 239 Å². The third kappa shape index (κ3) is 7.15. The first-order valence-corrected chi connectivity index (χ1v) is 13.8.